The first-order valence-electron chi connectivity index (χ1n) is 8.87. The molecule has 22 heteroatoms. The van der Waals surface area contributed by atoms with Gasteiger partial charge in [0.25, 0.3) is 9.84 Å². The summed E-state index contributed by atoms with van der Waals surface area (Å²) in [6.45, 7) is 0. The Hall–Kier alpha value is -3.82. The molecule has 2 aromatic carbocycles. The molecule has 0 aliphatic heterocycles. The van der Waals surface area contributed by atoms with E-state index in [2.05, 4.69) is 4.18 Å². The van der Waals surface area contributed by atoms with Crippen molar-refractivity contribution in [3.05, 3.63) is 52.1 Å². The minimum Gasteiger partial charge on any atom is -0.366 e. The zero-order valence-electron chi connectivity index (χ0n) is 17.4. The molecule has 0 radical (unpaired) electrons. The molecule has 0 saturated carbocycles. The number of hydrogen-bond donors (Lipinski definition) is 2. The normalized spacial score (nSPS) is 13.1. The lowest BCUT2D eigenvalue weighted by Gasteiger charge is -2.16. The number of halogens is 9. The Morgan fingerprint density at radius 2 is 1.37 bits per heavy atom. The van der Waals surface area contributed by atoms with Crippen LogP contribution in [0.2, 0.25) is 0 Å². The van der Waals surface area contributed by atoms with Crippen LogP contribution in [0, 0.1) is 10.1 Å². The van der Waals surface area contributed by atoms with Crippen LogP contribution in [0.15, 0.2) is 41.3 Å². The van der Waals surface area contributed by atoms with E-state index in [9.17, 15) is 71.3 Å². The lowest BCUT2D eigenvalue weighted by atomic mass is 10.1. The molecule has 11 nitrogen and oxygen atoms in total. The van der Waals surface area contributed by atoms with Crippen LogP contribution < -0.4 is 14.8 Å². The summed E-state index contributed by atoms with van der Waals surface area (Å²) in [7, 11) is -12.5. The first-order valence-corrected chi connectivity index (χ1v) is 11.8. The topological polar surface area (TPSA) is 162 Å². The monoisotopic (exact) mass is 605 g/mol. The maximum absolute atomic E-state index is 13.2. The Morgan fingerprint density at radius 1 is 0.842 bits per heavy atom. The molecule has 210 valence electrons. The fourth-order valence-corrected chi connectivity index (χ4v) is 3.64. The average Bonchev–Trinajstić information content (AvgIpc) is 2.72. The Labute approximate surface area is 204 Å². The highest BCUT2D eigenvalue weighted by molar-refractivity contribution is 7.92. The Morgan fingerprint density at radius 3 is 1.79 bits per heavy atom. The zero-order chi connectivity index (χ0) is 29.5. The van der Waals surface area contributed by atoms with Gasteiger partial charge in [-0.2, -0.15) is 47.9 Å². The van der Waals surface area contributed by atoms with Crippen LogP contribution in [-0.2, 0) is 26.1 Å². The lowest BCUT2D eigenvalue weighted by molar-refractivity contribution is -0.385. The SMILES string of the molecule is O=C(Nc1ccc(S(=O)(=O)C(F)(F)F)cc1)Nc1cc(C(F)(F)F)cc([N+](=O)[O-])c1OS(=O)(=O)C(F)(F)F. The summed E-state index contributed by atoms with van der Waals surface area (Å²) >= 11 is 0. The molecule has 38 heavy (non-hydrogen) atoms. The van der Waals surface area contributed by atoms with Gasteiger partial charge in [0, 0.05) is 11.8 Å². The second kappa shape index (κ2) is 9.81. The van der Waals surface area contributed by atoms with Crippen LogP contribution in [-0.4, -0.2) is 38.8 Å². The van der Waals surface area contributed by atoms with Gasteiger partial charge in [-0.15, -0.1) is 0 Å². The van der Waals surface area contributed by atoms with Gasteiger partial charge in [-0.25, -0.2) is 13.2 Å². The van der Waals surface area contributed by atoms with Gasteiger partial charge in [0.15, 0.2) is 0 Å². The van der Waals surface area contributed by atoms with Crippen molar-refractivity contribution >= 4 is 43.0 Å². The molecule has 0 spiro atoms. The van der Waals surface area contributed by atoms with E-state index in [1.165, 1.54) is 5.32 Å². The summed E-state index contributed by atoms with van der Waals surface area (Å²) in [5.41, 5.74) is -17.9. The van der Waals surface area contributed by atoms with Gasteiger partial charge in [0.1, 0.15) is 0 Å². The molecule has 0 aliphatic rings. The predicted molar refractivity (Wildman–Crippen MR) is 106 cm³/mol. The molecule has 2 rings (SSSR count). The molecule has 0 saturated heterocycles. The van der Waals surface area contributed by atoms with Gasteiger partial charge in [-0.05, 0) is 30.3 Å². The second-order valence-corrected chi connectivity index (χ2v) is 10.1. The Balaban J connectivity index is 2.51. The van der Waals surface area contributed by atoms with Crippen LogP contribution in [0.5, 0.6) is 5.75 Å². The third-order valence-electron chi connectivity index (χ3n) is 4.05. The van der Waals surface area contributed by atoms with Gasteiger partial charge < -0.3 is 14.8 Å². The molecule has 0 heterocycles. The highest BCUT2D eigenvalue weighted by atomic mass is 32.2. The van der Waals surface area contributed by atoms with Crippen molar-refractivity contribution in [2.45, 2.75) is 22.1 Å². The highest BCUT2D eigenvalue weighted by Gasteiger charge is 2.50. The van der Waals surface area contributed by atoms with E-state index >= 15 is 0 Å². The summed E-state index contributed by atoms with van der Waals surface area (Å²) in [5, 5.41) is 14.3. The number of amides is 2. The van der Waals surface area contributed by atoms with Crippen LogP contribution in [0.25, 0.3) is 0 Å². The van der Waals surface area contributed by atoms with Gasteiger partial charge in [0.05, 0.1) is 21.1 Å². The first kappa shape index (κ1) is 30.4. The highest BCUT2D eigenvalue weighted by Crippen LogP contribution is 2.43. The number of carbonyl (C=O) groups is 1. The van der Waals surface area contributed by atoms with Crippen molar-refractivity contribution in [3.63, 3.8) is 0 Å². The summed E-state index contributed by atoms with van der Waals surface area (Å²) in [5.74, 6) is -1.97. The number of sulfone groups is 1. The van der Waals surface area contributed by atoms with Crippen molar-refractivity contribution in [1.82, 2.24) is 0 Å². The number of hydrogen-bond acceptors (Lipinski definition) is 8. The number of nitro groups is 1. The number of urea groups is 1. The van der Waals surface area contributed by atoms with Crippen LogP contribution in [0.1, 0.15) is 5.56 Å². The Kier molecular flexibility index (Phi) is 7.85. The van der Waals surface area contributed by atoms with E-state index in [1.807, 2.05) is 0 Å². The molecular weight excluding hydrogens is 597 g/mol. The van der Waals surface area contributed by atoms with Crippen molar-refractivity contribution in [2.75, 3.05) is 10.6 Å². The van der Waals surface area contributed by atoms with E-state index in [0.29, 0.717) is 24.3 Å². The van der Waals surface area contributed by atoms with Crippen molar-refractivity contribution in [3.8, 4) is 5.75 Å². The smallest absolute Gasteiger partial charge is 0.366 e. The number of benzene rings is 2. The number of nitrogens with one attached hydrogen (secondary N) is 2. The van der Waals surface area contributed by atoms with Gasteiger partial charge >= 0.3 is 39.0 Å². The molecule has 0 unspecified atom stereocenters. The first-order chi connectivity index (χ1) is 17.0. The average molecular weight is 605 g/mol. The zero-order valence-corrected chi connectivity index (χ0v) is 19.0. The molecule has 0 aromatic heterocycles. The Bertz CT molecular complexity index is 1470. The quantitative estimate of drug-likeness (QED) is 0.156. The van der Waals surface area contributed by atoms with Crippen molar-refractivity contribution in [2.24, 2.45) is 0 Å². The van der Waals surface area contributed by atoms with Gasteiger partial charge in [-0.3, -0.25) is 10.1 Å². The van der Waals surface area contributed by atoms with E-state index in [1.54, 1.807) is 5.32 Å². The number of carbonyl (C=O) groups excluding carboxylic acids is 1. The van der Waals surface area contributed by atoms with Crippen molar-refractivity contribution in [1.29, 1.82) is 0 Å². The molecule has 0 bridgehead atoms. The summed E-state index contributed by atoms with van der Waals surface area (Å²) in [6.07, 6.45) is -5.40. The number of anilines is 2. The fourth-order valence-electron chi connectivity index (χ4n) is 2.39. The van der Waals surface area contributed by atoms with Gasteiger partial charge in [-0.1, -0.05) is 0 Å². The summed E-state index contributed by atoms with van der Waals surface area (Å²) in [6, 6.07) is -0.442. The molecule has 2 amide bonds. The lowest BCUT2D eigenvalue weighted by Crippen LogP contribution is -2.29. The molecule has 0 fully saturated rings. The molecule has 2 N–H and O–H groups in total. The summed E-state index contributed by atoms with van der Waals surface area (Å²) < 4.78 is 164. The molecule has 0 atom stereocenters. The minimum absolute atomic E-state index is 0.202. The van der Waals surface area contributed by atoms with E-state index in [0.717, 1.165) is 0 Å². The van der Waals surface area contributed by atoms with Crippen molar-refractivity contribution < 1.29 is 70.3 Å². The molecule has 2 aromatic rings. The maximum atomic E-state index is 13.2. The van der Waals surface area contributed by atoms with Crippen LogP contribution in [0.4, 0.5) is 61.4 Å². The number of alkyl halides is 9. The van der Waals surface area contributed by atoms with E-state index < -0.39 is 81.4 Å². The van der Waals surface area contributed by atoms with E-state index in [4.69, 9.17) is 0 Å². The fraction of sp³-hybridized carbons (Fsp3) is 0.188. The second-order valence-electron chi connectivity index (χ2n) is 6.66. The summed E-state index contributed by atoms with van der Waals surface area (Å²) in [4.78, 5) is 20.3. The number of nitro benzene ring substituents is 1. The predicted octanol–water partition coefficient (Wildman–Crippen LogP) is 4.78. The number of nitrogens with zero attached hydrogens (tertiary/aromatic N) is 1. The van der Waals surface area contributed by atoms with Crippen LogP contribution in [0.3, 0.4) is 0 Å². The van der Waals surface area contributed by atoms with Gasteiger partial charge in [0.2, 0.25) is 5.75 Å². The largest absolute Gasteiger partial charge is 0.534 e. The van der Waals surface area contributed by atoms with Crippen LogP contribution >= 0.6 is 0 Å². The molecular formula is C16H8F9N3O8S2. The third-order valence-corrected chi connectivity index (χ3v) is 6.50. The maximum Gasteiger partial charge on any atom is 0.534 e. The minimum atomic E-state index is -6.71. The van der Waals surface area contributed by atoms with E-state index in [-0.39, 0.29) is 12.1 Å². The standard InChI is InChI=1S/C16H8F9N3O8S2/c17-14(18,19)7-5-10(12(11(6-7)28(30)31)36-38(34,35)16(23,24)25)27-13(29)26-8-1-3-9(4-2-8)37(32,33)15(20,21)22/h1-6H,(H2,26,27,29). The molecule has 0 aliphatic carbocycles. The third kappa shape index (κ3) is 6.54. The number of rotatable bonds is 6.